The summed E-state index contributed by atoms with van der Waals surface area (Å²) >= 11 is 4.96. The molecule has 0 spiro atoms. The number of benzene rings is 1. The van der Waals surface area contributed by atoms with Crippen LogP contribution in [0.15, 0.2) is 30.5 Å². The van der Waals surface area contributed by atoms with E-state index in [1.54, 1.807) is 7.05 Å². The van der Waals surface area contributed by atoms with Crippen molar-refractivity contribution >= 4 is 28.1 Å². The molecular formula is C12H10N2S. The molecule has 0 unspecified atom stereocenters. The van der Waals surface area contributed by atoms with Crippen molar-refractivity contribution in [1.82, 2.24) is 10.3 Å². The summed E-state index contributed by atoms with van der Waals surface area (Å²) in [6, 6.07) is 8.06. The van der Waals surface area contributed by atoms with Gasteiger partial charge in [0.05, 0.1) is 5.56 Å². The van der Waals surface area contributed by atoms with Crippen molar-refractivity contribution in [2.75, 3.05) is 7.05 Å². The number of nitrogens with one attached hydrogen (secondary N) is 2. The van der Waals surface area contributed by atoms with Gasteiger partial charge in [-0.15, -0.1) is 0 Å². The maximum Gasteiger partial charge on any atom is 0.150 e. The number of para-hydroxylation sites is 1. The predicted molar refractivity (Wildman–Crippen MR) is 66.8 cm³/mol. The molecule has 0 aliphatic rings. The molecule has 0 atom stereocenters. The number of fused-ring (bicyclic) bond motifs is 1. The quantitative estimate of drug-likeness (QED) is 0.519. The van der Waals surface area contributed by atoms with E-state index in [0.29, 0.717) is 4.99 Å². The van der Waals surface area contributed by atoms with Gasteiger partial charge in [-0.25, -0.2) is 0 Å². The molecule has 74 valence electrons. The lowest BCUT2D eigenvalue weighted by Crippen LogP contribution is -2.12. The summed E-state index contributed by atoms with van der Waals surface area (Å²) < 4.78 is 0. The van der Waals surface area contributed by atoms with Gasteiger partial charge in [0.2, 0.25) is 0 Å². The standard InChI is InChI=1S/C12H10N2S/c1-13-12(15)7-6-9-8-14-11-5-3-2-4-10(9)11/h2-5,8,14H,1H3,(H,13,15). The monoisotopic (exact) mass is 214 g/mol. The van der Waals surface area contributed by atoms with Gasteiger partial charge in [-0.1, -0.05) is 36.3 Å². The van der Waals surface area contributed by atoms with Crippen LogP contribution in [-0.2, 0) is 0 Å². The lowest BCUT2D eigenvalue weighted by Gasteiger charge is -1.89. The predicted octanol–water partition coefficient (Wildman–Crippen LogP) is 2.07. The molecule has 1 aromatic carbocycles. The summed E-state index contributed by atoms with van der Waals surface area (Å²) in [4.78, 5) is 3.72. The van der Waals surface area contributed by atoms with Gasteiger partial charge in [0.15, 0.2) is 4.99 Å². The Labute approximate surface area is 93.7 Å². The highest BCUT2D eigenvalue weighted by Gasteiger charge is 1.98. The number of rotatable bonds is 0. The van der Waals surface area contributed by atoms with E-state index in [-0.39, 0.29) is 0 Å². The average Bonchev–Trinajstić information content (AvgIpc) is 2.69. The Morgan fingerprint density at radius 2 is 2.20 bits per heavy atom. The lowest BCUT2D eigenvalue weighted by atomic mass is 10.2. The number of hydrogen-bond donors (Lipinski definition) is 2. The minimum atomic E-state index is 0.556. The van der Waals surface area contributed by atoms with Crippen molar-refractivity contribution in [3.05, 3.63) is 36.0 Å². The molecule has 0 radical (unpaired) electrons. The third kappa shape index (κ3) is 2.00. The Hall–Kier alpha value is -1.79. The first-order chi connectivity index (χ1) is 7.31. The van der Waals surface area contributed by atoms with Gasteiger partial charge in [0, 0.05) is 24.1 Å². The minimum Gasteiger partial charge on any atom is -0.372 e. The van der Waals surface area contributed by atoms with E-state index < -0.39 is 0 Å². The smallest absolute Gasteiger partial charge is 0.150 e. The van der Waals surface area contributed by atoms with Crippen molar-refractivity contribution in [1.29, 1.82) is 0 Å². The third-order valence-corrected chi connectivity index (χ3v) is 2.43. The summed E-state index contributed by atoms with van der Waals surface area (Å²) in [5.74, 6) is 5.91. The number of aromatic nitrogens is 1. The molecule has 0 aliphatic carbocycles. The molecule has 15 heavy (non-hydrogen) atoms. The molecule has 3 heteroatoms. The van der Waals surface area contributed by atoms with E-state index in [4.69, 9.17) is 12.2 Å². The van der Waals surface area contributed by atoms with E-state index in [2.05, 4.69) is 22.1 Å². The fourth-order valence-corrected chi connectivity index (χ4v) is 1.41. The van der Waals surface area contributed by atoms with Crippen LogP contribution in [0.2, 0.25) is 0 Å². The Kier molecular flexibility index (Phi) is 2.70. The van der Waals surface area contributed by atoms with Crippen LogP contribution in [0.25, 0.3) is 10.9 Å². The van der Waals surface area contributed by atoms with Crippen LogP contribution in [0.4, 0.5) is 0 Å². The number of aromatic amines is 1. The molecule has 2 aromatic rings. The molecule has 0 fully saturated rings. The van der Waals surface area contributed by atoms with Gasteiger partial charge in [0.1, 0.15) is 0 Å². The Morgan fingerprint density at radius 3 is 3.00 bits per heavy atom. The van der Waals surface area contributed by atoms with Gasteiger partial charge in [-0.2, -0.15) is 0 Å². The van der Waals surface area contributed by atoms with Crippen molar-refractivity contribution in [3.63, 3.8) is 0 Å². The van der Waals surface area contributed by atoms with Crippen molar-refractivity contribution in [2.24, 2.45) is 0 Å². The Bertz CT molecular complexity index is 557. The largest absolute Gasteiger partial charge is 0.372 e. The Balaban J connectivity index is 2.43. The fraction of sp³-hybridized carbons (Fsp3) is 0.0833. The Morgan fingerprint density at radius 1 is 1.40 bits per heavy atom. The van der Waals surface area contributed by atoms with E-state index in [0.717, 1.165) is 16.5 Å². The van der Waals surface area contributed by atoms with Gasteiger partial charge in [-0.05, 0) is 12.0 Å². The van der Waals surface area contributed by atoms with Crippen LogP contribution in [0.5, 0.6) is 0 Å². The molecular weight excluding hydrogens is 204 g/mol. The lowest BCUT2D eigenvalue weighted by molar-refractivity contribution is 1.22. The molecule has 1 aromatic heterocycles. The maximum absolute atomic E-state index is 4.96. The second-order valence-corrected chi connectivity index (χ2v) is 3.49. The molecule has 2 N–H and O–H groups in total. The topological polar surface area (TPSA) is 27.8 Å². The zero-order chi connectivity index (χ0) is 10.7. The normalized spacial score (nSPS) is 9.40. The highest BCUT2D eigenvalue weighted by Crippen LogP contribution is 2.16. The van der Waals surface area contributed by atoms with Gasteiger partial charge in [-0.3, -0.25) is 0 Å². The summed E-state index contributed by atoms with van der Waals surface area (Å²) in [5, 5.41) is 3.95. The molecule has 0 amide bonds. The van der Waals surface area contributed by atoms with E-state index >= 15 is 0 Å². The molecule has 0 saturated heterocycles. The van der Waals surface area contributed by atoms with Crippen molar-refractivity contribution in [3.8, 4) is 11.8 Å². The SMILES string of the molecule is CNC(=S)C#Cc1c[nH]c2ccccc12. The zero-order valence-corrected chi connectivity index (χ0v) is 9.11. The van der Waals surface area contributed by atoms with E-state index in [1.807, 2.05) is 30.5 Å². The zero-order valence-electron chi connectivity index (χ0n) is 8.29. The number of hydrogen-bond acceptors (Lipinski definition) is 1. The maximum atomic E-state index is 4.96. The van der Waals surface area contributed by atoms with Crippen LogP contribution >= 0.6 is 12.2 Å². The molecule has 0 saturated carbocycles. The summed E-state index contributed by atoms with van der Waals surface area (Å²) in [7, 11) is 1.77. The highest BCUT2D eigenvalue weighted by atomic mass is 32.1. The molecule has 1 heterocycles. The van der Waals surface area contributed by atoms with Crippen LogP contribution in [-0.4, -0.2) is 17.0 Å². The van der Waals surface area contributed by atoms with Crippen molar-refractivity contribution in [2.45, 2.75) is 0 Å². The molecule has 2 nitrogen and oxygen atoms in total. The molecule has 0 aliphatic heterocycles. The average molecular weight is 214 g/mol. The van der Waals surface area contributed by atoms with Crippen LogP contribution in [0, 0.1) is 11.8 Å². The first kappa shape index (κ1) is 9.75. The van der Waals surface area contributed by atoms with E-state index in [1.165, 1.54) is 0 Å². The fourth-order valence-electron chi connectivity index (χ4n) is 1.36. The summed E-state index contributed by atoms with van der Waals surface area (Å²) in [5.41, 5.74) is 2.07. The number of thiocarbonyl (C=S) groups is 1. The van der Waals surface area contributed by atoms with Gasteiger partial charge >= 0.3 is 0 Å². The summed E-state index contributed by atoms with van der Waals surface area (Å²) in [6.45, 7) is 0. The van der Waals surface area contributed by atoms with E-state index in [9.17, 15) is 0 Å². The first-order valence-electron chi connectivity index (χ1n) is 4.61. The number of H-pyrrole nitrogens is 1. The van der Waals surface area contributed by atoms with Crippen LogP contribution in [0.1, 0.15) is 5.56 Å². The summed E-state index contributed by atoms with van der Waals surface area (Å²) in [6.07, 6.45) is 1.90. The van der Waals surface area contributed by atoms with Crippen LogP contribution < -0.4 is 5.32 Å². The van der Waals surface area contributed by atoms with Gasteiger partial charge < -0.3 is 10.3 Å². The first-order valence-corrected chi connectivity index (χ1v) is 5.02. The minimum absolute atomic E-state index is 0.556. The highest BCUT2D eigenvalue weighted by molar-refractivity contribution is 7.80. The second-order valence-electron chi connectivity index (χ2n) is 3.08. The van der Waals surface area contributed by atoms with Crippen LogP contribution in [0.3, 0.4) is 0 Å². The van der Waals surface area contributed by atoms with Crippen molar-refractivity contribution < 1.29 is 0 Å². The third-order valence-electron chi connectivity index (χ3n) is 2.13. The van der Waals surface area contributed by atoms with Gasteiger partial charge in [0.25, 0.3) is 0 Å². The molecule has 0 bridgehead atoms. The molecule has 2 rings (SSSR count). The second kappa shape index (κ2) is 4.16.